The summed E-state index contributed by atoms with van der Waals surface area (Å²) in [7, 11) is 1.66. The number of methoxy groups -OCH3 is 1. The standard InChI is InChI=1S/C24H20N2O3/c1-28-19-11-10-16-13-18(9-8-17(16)14-19)23-25-22-7-3-2-6-21(22)24(27)26(23)15-20-5-4-12-29-20/h2-14,23,25H,15H2,1H3/t23-/m1/s1. The summed E-state index contributed by atoms with van der Waals surface area (Å²) in [4.78, 5) is 15.1. The number of carbonyl (C=O) groups is 1. The normalized spacial score (nSPS) is 15.8. The Morgan fingerprint density at radius 3 is 2.66 bits per heavy atom. The number of nitrogens with one attached hydrogen (secondary N) is 1. The van der Waals surface area contributed by atoms with Gasteiger partial charge in [0.25, 0.3) is 5.91 Å². The summed E-state index contributed by atoms with van der Waals surface area (Å²) in [5, 5.41) is 5.72. The summed E-state index contributed by atoms with van der Waals surface area (Å²) in [5.41, 5.74) is 2.52. The predicted octanol–water partition coefficient (Wildman–Crippen LogP) is 5.21. The average Bonchev–Trinajstić information content (AvgIpc) is 3.28. The molecule has 1 aromatic heterocycles. The van der Waals surface area contributed by atoms with E-state index in [0.717, 1.165) is 33.5 Å². The van der Waals surface area contributed by atoms with E-state index in [1.807, 2.05) is 59.5 Å². The first-order chi connectivity index (χ1) is 14.2. The zero-order valence-electron chi connectivity index (χ0n) is 16.0. The van der Waals surface area contributed by atoms with E-state index >= 15 is 0 Å². The van der Waals surface area contributed by atoms with Crippen LogP contribution in [0.25, 0.3) is 10.8 Å². The molecule has 5 rings (SSSR count). The van der Waals surface area contributed by atoms with Crippen LogP contribution in [0.3, 0.4) is 0 Å². The third-order valence-corrected chi connectivity index (χ3v) is 5.32. The maximum Gasteiger partial charge on any atom is 0.258 e. The highest BCUT2D eigenvalue weighted by Gasteiger charge is 2.33. The number of furan rings is 1. The van der Waals surface area contributed by atoms with Gasteiger partial charge in [-0.2, -0.15) is 0 Å². The number of benzene rings is 3. The summed E-state index contributed by atoms with van der Waals surface area (Å²) < 4.78 is 10.8. The molecular formula is C24H20N2O3. The molecule has 0 fully saturated rings. The summed E-state index contributed by atoms with van der Waals surface area (Å²) in [6, 6.07) is 23.5. The van der Waals surface area contributed by atoms with E-state index in [1.54, 1.807) is 13.4 Å². The fourth-order valence-electron chi connectivity index (χ4n) is 3.83. The van der Waals surface area contributed by atoms with Gasteiger partial charge in [-0.1, -0.05) is 30.3 Å². The number of carbonyl (C=O) groups excluding carboxylic acids is 1. The van der Waals surface area contributed by atoms with Crippen molar-refractivity contribution in [2.24, 2.45) is 0 Å². The van der Waals surface area contributed by atoms with Crippen molar-refractivity contribution in [2.45, 2.75) is 12.7 Å². The maximum absolute atomic E-state index is 13.3. The molecule has 144 valence electrons. The smallest absolute Gasteiger partial charge is 0.258 e. The highest BCUT2D eigenvalue weighted by molar-refractivity contribution is 6.01. The monoisotopic (exact) mass is 384 g/mol. The Balaban J connectivity index is 1.58. The Kier molecular flexibility index (Phi) is 4.21. The van der Waals surface area contributed by atoms with Crippen LogP contribution in [0.15, 0.2) is 83.5 Å². The van der Waals surface area contributed by atoms with Crippen molar-refractivity contribution in [3.05, 3.63) is 95.9 Å². The largest absolute Gasteiger partial charge is 0.497 e. The summed E-state index contributed by atoms with van der Waals surface area (Å²) in [6.45, 7) is 0.387. The van der Waals surface area contributed by atoms with E-state index in [0.29, 0.717) is 12.1 Å². The molecule has 1 atom stereocenters. The minimum absolute atomic E-state index is 0.0180. The Morgan fingerprint density at radius 1 is 1.00 bits per heavy atom. The van der Waals surface area contributed by atoms with Gasteiger partial charge < -0.3 is 19.4 Å². The fourth-order valence-corrected chi connectivity index (χ4v) is 3.83. The van der Waals surface area contributed by atoms with Gasteiger partial charge in [0.2, 0.25) is 0 Å². The lowest BCUT2D eigenvalue weighted by atomic mass is 10.0. The van der Waals surface area contributed by atoms with Gasteiger partial charge in [-0.3, -0.25) is 4.79 Å². The lowest BCUT2D eigenvalue weighted by molar-refractivity contribution is 0.0651. The number of para-hydroxylation sites is 1. The molecule has 0 unspecified atom stereocenters. The number of nitrogens with zero attached hydrogens (tertiary/aromatic N) is 1. The molecule has 3 aromatic carbocycles. The molecule has 5 heteroatoms. The molecule has 0 aliphatic carbocycles. The molecule has 4 aromatic rings. The first-order valence-corrected chi connectivity index (χ1v) is 9.49. The molecule has 5 nitrogen and oxygen atoms in total. The van der Waals surface area contributed by atoms with E-state index in [4.69, 9.17) is 9.15 Å². The van der Waals surface area contributed by atoms with Crippen LogP contribution in [-0.4, -0.2) is 17.9 Å². The van der Waals surface area contributed by atoms with Crippen LogP contribution in [0.2, 0.25) is 0 Å². The number of hydrogen-bond acceptors (Lipinski definition) is 4. The van der Waals surface area contributed by atoms with Crippen LogP contribution in [0, 0.1) is 0 Å². The van der Waals surface area contributed by atoms with Gasteiger partial charge in [0, 0.05) is 5.69 Å². The zero-order valence-corrected chi connectivity index (χ0v) is 16.0. The Labute approximate surface area is 168 Å². The highest BCUT2D eigenvalue weighted by Crippen LogP contribution is 2.35. The van der Waals surface area contributed by atoms with Gasteiger partial charge in [0.1, 0.15) is 17.7 Å². The summed E-state index contributed by atoms with van der Waals surface area (Å²) >= 11 is 0. The topological polar surface area (TPSA) is 54.7 Å². The minimum Gasteiger partial charge on any atom is -0.497 e. The van der Waals surface area contributed by atoms with Crippen molar-refractivity contribution in [1.82, 2.24) is 4.90 Å². The molecule has 0 bridgehead atoms. The van der Waals surface area contributed by atoms with Crippen LogP contribution in [0.5, 0.6) is 5.75 Å². The second-order valence-electron chi connectivity index (χ2n) is 7.08. The quantitative estimate of drug-likeness (QED) is 0.525. The molecule has 1 aliphatic heterocycles. The predicted molar refractivity (Wildman–Crippen MR) is 112 cm³/mol. The first-order valence-electron chi connectivity index (χ1n) is 9.49. The molecule has 2 heterocycles. The minimum atomic E-state index is -0.297. The van der Waals surface area contributed by atoms with Gasteiger partial charge in [-0.25, -0.2) is 0 Å². The molecule has 1 aliphatic rings. The van der Waals surface area contributed by atoms with Crippen LogP contribution in [-0.2, 0) is 6.54 Å². The first kappa shape index (κ1) is 17.4. The lowest BCUT2D eigenvalue weighted by Crippen LogP contribution is -2.42. The van der Waals surface area contributed by atoms with Gasteiger partial charge in [0.05, 0.1) is 25.5 Å². The molecule has 0 saturated heterocycles. The van der Waals surface area contributed by atoms with Crippen molar-refractivity contribution in [3.8, 4) is 5.75 Å². The number of fused-ring (bicyclic) bond motifs is 2. The third-order valence-electron chi connectivity index (χ3n) is 5.32. The van der Waals surface area contributed by atoms with Gasteiger partial charge in [-0.05, 0) is 58.8 Å². The number of anilines is 1. The van der Waals surface area contributed by atoms with Gasteiger partial charge >= 0.3 is 0 Å². The van der Waals surface area contributed by atoms with E-state index in [-0.39, 0.29) is 12.1 Å². The highest BCUT2D eigenvalue weighted by atomic mass is 16.5. The van der Waals surface area contributed by atoms with Crippen LogP contribution >= 0.6 is 0 Å². The van der Waals surface area contributed by atoms with E-state index in [2.05, 4.69) is 23.5 Å². The molecule has 0 saturated carbocycles. The van der Waals surface area contributed by atoms with Crippen LogP contribution in [0.1, 0.15) is 27.8 Å². The van der Waals surface area contributed by atoms with Gasteiger partial charge in [0.15, 0.2) is 0 Å². The molecule has 29 heavy (non-hydrogen) atoms. The average molecular weight is 384 g/mol. The van der Waals surface area contributed by atoms with Crippen LogP contribution < -0.4 is 10.1 Å². The van der Waals surface area contributed by atoms with E-state index in [1.165, 1.54) is 0 Å². The van der Waals surface area contributed by atoms with Crippen molar-refractivity contribution in [3.63, 3.8) is 0 Å². The third kappa shape index (κ3) is 3.10. The zero-order chi connectivity index (χ0) is 19.8. The number of hydrogen-bond donors (Lipinski definition) is 1. The van der Waals surface area contributed by atoms with Crippen molar-refractivity contribution < 1.29 is 13.9 Å². The second-order valence-corrected chi connectivity index (χ2v) is 7.08. The molecule has 1 amide bonds. The fraction of sp³-hybridized carbons (Fsp3) is 0.125. The molecule has 0 radical (unpaired) electrons. The van der Waals surface area contributed by atoms with E-state index in [9.17, 15) is 4.79 Å². The Hall–Kier alpha value is -3.73. The van der Waals surface area contributed by atoms with Crippen molar-refractivity contribution >= 4 is 22.4 Å². The number of rotatable bonds is 4. The Bertz CT molecular complexity index is 1180. The maximum atomic E-state index is 13.3. The van der Waals surface area contributed by atoms with E-state index < -0.39 is 0 Å². The lowest BCUT2D eigenvalue weighted by Gasteiger charge is -2.37. The summed E-state index contributed by atoms with van der Waals surface area (Å²) in [5.74, 6) is 1.55. The summed E-state index contributed by atoms with van der Waals surface area (Å²) in [6.07, 6.45) is 1.33. The molecule has 1 N–H and O–H groups in total. The second kappa shape index (κ2) is 7.02. The SMILES string of the molecule is COc1ccc2cc([C@@H]3Nc4ccccc4C(=O)N3Cc3ccco3)ccc2c1. The number of ether oxygens (including phenoxy) is 1. The Morgan fingerprint density at radius 2 is 1.83 bits per heavy atom. The van der Waals surface area contributed by atoms with Crippen molar-refractivity contribution in [1.29, 1.82) is 0 Å². The molecular weight excluding hydrogens is 364 g/mol. The van der Waals surface area contributed by atoms with Gasteiger partial charge in [-0.15, -0.1) is 0 Å². The van der Waals surface area contributed by atoms with Crippen molar-refractivity contribution in [2.75, 3.05) is 12.4 Å². The van der Waals surface area contributed by atoms with Crippen LogP contribution in [0.4, 0.5) is 5.69 Å². The molecule has 0 spiro atoms. The number of amides is 1.